The molecule has 0 fully saturated rings. The minimum Gasteiger partial charge on any atom is -1.00 e. The number of benzene rings is 2. The van der Waals surface area contributed by atoms with Crippen LogP contribution in [0.5, 0.6) is 0 Å². The first-order valence-electron chi connectivity index (χ1n) is 6.53. The van der Waals surface area contributed by atoms with Crippen molar-refractivity contribution in [3.05, 3.63) is 84.2 Å². The van der Waals surface area contributed by atoms with Crippen molar-refractivity contribution in [2.24, 2.45) is 4.99 Å². The summed E-state index contributed by atoms with van der Waals surface area (Å²) < 4.78 is 0.758. The van der Waals surface area contributed by atoms with E-state index in [1.54, 1.807) is 0 Å². The fraction of sp³-hybridized carbons (Fsp3) is 0.118. The van der Waals surface area contributed by atoms with Gasteiger partial charge >= 0.3 is 0 Å². The van der Waals surface area contributed by atoms with Crippen LogP contribution in [0, 0.1) is 0 Å². The summed E-state index contributed by atoms with van der Waals surface area (Å²) in [4.78, 5) is 4.30. The molecule has 0 radical (unpaired) electrons. The Labute approximate surface area is 126 Å². The number of hydrogen-bond donors (Lipinski definition) is 0. The molecule has 0 saturated carbocycles. The Bertz CT molecular complexity index is 535. The molecule has 2 nitrogen and oxygen atoms in total. The molecule has 0 bridgehead atoms. The van der Waals surface area contributed by atoms with Crippen LogP contribution in [0.15, 0.2) is 78.1 Å². The van der Waals surface area contributed by atoms with Gasteiger partial charge in [0.15, 0.2) is 6.34 Å². The highest BCUT2D eigenvalue weighted by molar-refractivity contribution is 5.51. The lowest BCUT2D eigenvalue weighted by Crippen LogP contribution is -3.00. The van der Waals surface area contributed by atoms with Gasteiger partial charge in [-0.15, -0.1) is 0 Å². The van der Waals surface area contributed by atoms with Crippen LogP contribution in [0.3, 0.4) is 0 Å². The van der Waals surface area contributed by atoms with Gasteiger partial charge in [0.2, 0.25) is 0 Å². The predicted molar refractivity (Wildman–Crippen MR) is 78.2 cm³/mol. The van der Waals surface area contributed by atoms with Gasteiger partial charge < -0.3 is 12.4 Å². The van der Waals surface area contributed by atoms with Gasteiger partial charge in [-0.05, 0) is 0 Å². The second kappa shape index (κ2) is 6.51. The van der Waals surface area contributed by atoms with E-state index in [1.807, 2.05) is 12.5 Å². The van der Waals surface area contributed by atoms with Gasteiger partial charge in [0.1, 0.15) is 19.3 Å². The standard InChI is InChI=1S/C17H17N2.ClH/c1-3-7-16(8-4-1)13-19(12-11-18-15-19)14-17-9-5-2-6-10-17;/h1-12,15H,13-14H2;1H/q+1;/p-1. The second-order valence-electron chi connectivity index (χ2n) is 4.95. The SMILES string of the molecule is C1=C[N+](Cc2ccccc2)(Cc2ccccc2)C=N1.[Cl-]. The zero-order valence-electron chi connectivity index (χ0n) is 11.2. The highest BCUT2D eigenvalue weighted by Gasteiger charge is 2.26. The molecule has 0 aromatic heterocycles. The van der Waals surface area contributed by atoms with Crippen molar-refractivity contribution in [2.75, 3.05) is 0 Å². The summed E-state index contributed by atoms with van der Waals surface area (Å²) in [7, 11) is 0. The fourth-order valence-electron chi connectivity index (χ4n) is 2.47. The molecule has 2 aromatic rings. The van der Waals surface area contributed by atoms with Crippen LogP contribution in [0.25, 0.3) is 0 Å². The Morgan fingerprint density at radius 1 is 0.750 bits per heavy atom. The lowest BCUT2D eigenvalue weighted by Gasteiger charge is -2.27. The van der Waals surface area contributed by atoms with E-state index in [-0.39, 0.29) is 12.4 Å². The van der Waals surface area contributed by atoms with Gasteiger partial charge in [-0.1, -0.05) is 60.7 Å². The van der Waals surface area contributed by atoms with E-state index in [0.29, 0.717) is 0 Å². The van der Waals surface area contributed by atoms with E-state index < -0.39 is 0 Å². The average molecular weight is 285 g/mol. The van der Waals surface area contributed by atoms with Gasteiger partial charge in [-0.25, -0.2) is 9.48 Å². The van der Waals surface area contributed by atoms with Crippen molar-refractivity contribution >= 4 is 6.34 Å². The summed E-state index contributed by atoms with van der Waals surface area (Å²) in [6, 6.07) is 21.1. The molecule has 1 aliphatic rings. The number of aliphatic imine (C=N–C) groups is 1. The van der Waals surface area contributed by atoms with Crippen LogP contribution in [0.2, 0.25) is 0 Å². The third-order valence-electron chi connectivity index (χ3n) is 3.39. The fourth-order valence-corrected chi connectivity index (χ4v) is 2.47. The maximum atomic E-state index is 4.30. The molecule has 2 aromatic carbocycles. The van der Waals surface area contributed by atoms with Crippen LogP contribution >= 0.6 is 0 Å². The number of rotatable bonds is 4. The van der Waals surface area contributed by atoms with Gasteiger partial charge in [-0.2, -0.15) is 0 Å². The van der Waals surface area contributed by atoms with Crippen LogP contribution in [0.1, 0.15) is 11.1 Å². The third kappa shape index (κ3) is 3.35. The maximum Gasteiger partial charge on any atom is 0.195 e. The summed E-state index contributed by atoms with van der Waals surface area (Å²) >= 11 is 0. The van der Waals surface area contributed by atoms with Gasteiger partial charge in [0.05, 0.1) is 6.20 Å². The molecule has 1 heterocycles. The quantitative estimate of drug-likeness (QED) is 0.734. The Kier molecular flexibility index (Phi) is 4.72. The minimum absolute atomic E-state index is 0. The Hall–Kier alpha value is -1.90. The molecule has 102 valence electrons. The Morgan fingerprint density at radius 2 is 1.25 bits per heavy atom. The molecule has 3 heteroatoms. The monoisotopic (exact) mass is 284 g/mol. The Balaban J connectivity index is 0.00000147. The average Bonchev–Trinajstić information content (AvgIpc) is 2.89. The highest BCUT2D eigenvalue weighted by Crippen LogP contribution is 2.21. The first kappa shape index (κ1) is 14.5. The molecule has 0 unspecified atom stereocenters. The van der Waals surface area contributed by atoms with Gasteiger partial charge in [0.25, 0.3) is 0 Å². The molecule has 0 N–H and O–H groups in total. The molecule has 20 heavy (non-hydrogen) atoms. The van der Waals surface area contributed by atoms with E-state index in [4.69, 9.17) is 0 Å². The smallest absolute Gasteiger partial charge is 0.195 e. The topological polar surface area (TPSA) is 12.4 Å². The lowest BCUT2D eigenvalue weighted by atomic mass is 10.1. The highest BCUT2D eigenvalue weighted by atomic mass is 35.5. The van der Waals surface area contributed by atoms with E-state index in [9.17, 15) is 0 Å². The van der Waals surface area contributed by atoms with Crippen LogP contribution in [-0.2, 0) is 13.1 Å². The number of nitrogens with zero attached hydrogens (tertiary/aromatic N) is 2. The van der Waals surface area contributed by atoms with Crippen LogP contribution < -0.4 is 12.4 Å². The molecule has 0 saturated heterocycles. The molecule has 1 aliphatic heterocycles. The second-order valence-corrected chi connectivity index (χ2v) is 4.95. The Morgan fingerprint density at radius 3 is 1.65 bits per heavy atom. The largest absolute Gasteiger partial charge is 1.00 e. The van der Waals surface area contributed by atoms with Crippen molar-refractivity contribution in [1.82, 2.24) is 0 Å². The number of halogens is 1. The van der Waals surface area contributed by atoms with E-state index in [0.717, 1.165) is 17.6 Å². The third-order valence-corrected chi connectivity index (χ3v) is 3.39. The van der Waals surface area contributed by atoms with Crippen molar-refractivity contribution in [1.29, 1.82) is 0 Å². The van der Waals surface area contributed by atoms with Gasteiger partial charge in [-0.3, -0.25) is 0 Å². The normalized spacial score (nSPS) is 15.0. The summed E-state index contributed by atoms with van der Waals surface area (Å²) in [5.41, 5.74) is 2.66. The van der Waals surface area contributed by atoms with Crippen LogP contribution in [0.4, 0.5) is 0 Å². The maximum absolute atomic E-state index is 4.30. The minimum atomic E-state index is 0. The first-order chi connectivity index (χ1) is 9.36. The molecular formula is C17H17ClN2. The van der Waals surface area contributed by atoms with E-state index >= 15 is 0 Å². The zero-order chi connectivity index (χ0) is 13.0. The van der Waals surface area contributed by atoms with E-state index in [2.05, 4.69) is 71.9 Å². The summed E-state index contributed by atoms with van der Waals surface area (Å²) in [5.74, 6) is 0. The molecular weight excluding hydrogens is 268 g/mol. The first-order valence-corrected chi connectivity index (χ1v) is 6.53. The molecule has 0 amide bonds. The number of quaternary nitrogens is 1. The number of hydrogen-bond acceptors (Lipinski definition) is 1. The zero-order valence-corrected chi connectivity index (χ0v) is 11.9. The van der Waals surface area contributed by atoms with Gasteiger partial charge in [0, 0.05) is 11.1 Å². The van der Waals surface area contributed by atoms with E-state index in [1.165, 1.54) is 11.1 Å². The molecule has 0 aliphatic carbocycles. The summed E-state index contributed by atoms with van der Waals surface area (Å²) in [5, 5.41) is 0. The summed E-state index contributed by atoms with van der Waals surface area (Å²) in [6.45, 7) is 1.88. The van der Waals surface area contributed by atoms with Crippen molar-refractivity contribution in [3.63, 3.8) is 0 Å². The lowest BCUT2D eigenvalue weighted by molar-refractivity contribution is -0.808. The van der Waals surface area contributed by atoms with Crippen LogP contribution in [-0.4, -0.2) is 10.8 Å². The molecule has 0 spiro atoms. The molecule has 3 rings (SSSR count). The summed E-state index contributed by atoms with van der Waals surface area (Å²) in [6.07, 6.45) is 6.09. The van der Waals surface area contributed by atoms with Crippen molar-refractivity contribution in [3.8, 4) is 0 Å². The van der Waals surface area contributed by atoms with Crippen molar-refractivity contribution in [2.45, 2.75) is 13.1 Å². The molecule has 0 atom stereocenters. The van der Waals surface area contributed by atoms with Crippen molar-refractivity contribution < 1.29 is 16.9 Å². The predicted octanol–water partition coefficient (Wildman–Crippen LogP) is 0.721.